The van der Waals surface area contributed by atoms with Gasteiger partial charge >= 0.3 is 0 Å². The first-order chi connectivity index (χ1) is 9.02. The third kappa shape index (κ3) is 5.85. The maximum absolute atomic E-state index is 5.55. The lowest BCUT2D eigenvalue weighted by Gasteiger charge is -2.11. The van der Waals surface area contributed by atoms with Gasteiger partial charge in [-0.15, -0.1) is 0 Å². The molecule has 1 aromatic rings. The second-order valence-electron chi connectivity index (χ2n) is 5.07. The number of rotatable bonds is 8. The smallest absolute Gasteiger partial charge is 0.218 e. The van der Waals surface area contributed by atoms with Gasteiger partial charge < -0.3 is 14.9 Å². The Morgan fingerprint density at radius 3 is 2.53 bits per heavy atom. The summed E-state index contributed by atoms with van der Waals surface area (Å²) in [6.07, 6.45) is 0. The van der Waals surface area contributed by atoms with Gasteiger partial charge in [0.15, 0.2) is 0 Å². The molecule has 0 unspecified atom stereocenters. The van der Waals surface area contributed by atoms with Crippen LogP contribution in [-0.4, -0.2) is 29.8 Å². The Morgan fingerprint density at radius 1 is 1.21 bits per heavy atom. The highest BCUT2D eigenvalue weighted by molar-refractivity contribution is 5.37. The van der Waals surface area contributed by atoms with Crippen LogP contribution in [-0.2, 0) is 4.74 Å². The number of nitrogens with one attached hydrogen (secondary N) is 1. The van der Waals surface area contributed by atoms with E-state index in [9.17, 15) is 0 Å². The summed E-state index contributed by atoms with van der Waals surface area (Å²) in [5, 5.41) is 0. The number of nitrogens with two attached hydrogens (primary N) is 1. The molecule has 6 nitrogen and oxygen atoms in total. The summed E-state index contributed by atoms with van der Waals surface area (Å²) in [6, 6.07) is 1.67. The van der Waals surface area contributed by atoms with E-state index in [4.69, 9.17) is 15.3 Å². The van der Waals surface area contributed by atoms with Crippen LogP contribution in [0.15, 0.2) is 6.07 Å². The van der Waals surface area contributed by atoms with Gasteiger partial charge in [-0.05, 0) is 5.92 Å². The molecule has 108 valence electrons. The number of hydrogen-bond acceptors (Lipinski definition) is 6. The van der Waals surface area contributed by atoms with Crippen molar-refractivity contribution in [3.05, 3.63) is 11.9 Å². The van der Waals surface area contributed by atoms with Crippen LogP contribution in [0.25, 0.3) is 0 Å². The zero-order valence-electron chi connectivity index (χ0n) is 12.1. The van der Waals surface area contributed by atoms with Gasteiger partial charge in [0.25, 0.3) is 0 Å². The topological polar surface area (TPSA) is 82.3 Å². The molecule has 6 heteroatoms. The SMILES string of the molecule is CC(C)COCCOc1cc(NN)nc(C(C)C)n1. The van der Waals surface area contributed by atoms with E-state index in [0.717, 1.165) is 6.61 Å². The molecule has 1 heterocycles. The molecule has 0 bridgehead atoms. The van der Waals surface area contributed by atoms with Gasteiger partial charge in [0, 0.05) is 18.6 Å². The molecule has 0 radical (unpaired) electrons. The fourth-order valence-corrected chi connectivity index (χ4v) is 1.37. The second-order valence-corrected chi connectivity index (χ2v) is 5.07. The molecule has 0 saturated carbocycles. The van der Waals surface area contributed by atoms with E-state index < -0.39 is 0 Å². The van der Waals surface area contributed by atoms with Crippen LogP contribution in [0.1, 0.15) is 39.4 Å². The maximum Gasteiger partial charge on any atom is 0.218 e. The number of anilines is 1. The minimum Gasteiger partial charge on any atom is -0.475 e. The van der Waals surface area contributed by atoms with Crippen LogP contribution in [0.4, 0.5) is 5.82 Å². The molecular weight excluding hydrogens is 244 g/mol. The monoisotopic (exact) mass is 268 g/mol. The molecule has 0 aliphatic carbocycles. The number of ether oxygens (including phenoxy) is 2. The van der Waals surface area contributed by atoms with Crippen molar-refractivity contribution in [2.45, 2.75) is 33.6 Å². The van der Waals surface area contributed by atoms with Gasteiger partial charge in [-0.1, -0.05) is 27.7 Å². The zero-order chi connectivity index (χ0) is 14.3. The van der Waals surface area contributed by atoms with Crippen molar-refractivity contribution in [2.75, 3.05) is 25.2 Å². The molecular formula is C13H24N4O2. The van der Waals surface area contributed by atoms with Crippen LogP contribution in [0.2, 0.25) is 0 Å². The molecule has 19 heavy (non-hydrogen) atoms. The van der Waals surface area contributed by atoms with E-state index in [1.165, 1.54) is 0 Å². The summed E-state index contributed by atoms with van der Waals surface area (Å²) in [6.45, 7) is 10.0. The average molecular weight is 268 g/mol. The normalized spacial score (nSPS) is 11.1. The number of hydrazine groups is 1. The molecule has 1 rings (SSSR count). The molecule has 3 N–H and O–H groups in total. The van der Waals surface area contributed by atoms with Crippen molar-refractivity contribution in [3.8, 4) is 5.88 Å². The molecule has 0 saturated heterocycles. The Kier molecular flexibility index (Phi) is 6.52. The van der Waals surface area contributed by atoms with Crippen LogP contribution in [0.3, 0.4) is 0 Å². The van der Waals surface area contributed by atoms with Gasteiger partial charge in [-0.3, -0.25) is 0 Å². The number of aromatic nitrogens is 2. The Balaban J connectivity index is 2.50. The highest BCUT2D eigenvalue weighted by Crippen LogP contribution is 2.17. The van der Waals surface area contributed by atoms with E-state index in [0.29, 0.717) is 36.7 Å². The Bertz CT molecular complexity index is 383. The summed E-state index contributed by atoms with van der Waals surface area (Å²) in [7, 11) is 0. The van der Waals surface area contributed by atoms with E-state index in [2.05, 4.69) is 29.2 Å². The van der Waals surface area contributed by atoms with E-state index in [1.54, 1.807) is 6.07 Å². The summed E-state index contributed by atoms with van der Waals surface area (Å²) < 4.78 is 11.0. The third-order valence-electron chi connectivity index (χ3n) is 2.31. The fourth-order valence-electron chi connectivity index (χ4n) is 1.37. The zero-order valence-corrected chi connectivity index (χ0v) is 12.1. The molecule has 1 aromatic heterocycles. The van der Waals surface area contributed by atoms with Gasteiger partial charge in [0.05, 0.1) is 6.61 Å². The highest BCUT2D eigenvalue weighted by Gasteiger charge is 2.08. The Labute approximate surface area is 114 Å². The lowest BCUT2D eigenvalue weighted by molar-refractivity contribution is 0.0805. The first kappa shape index (κ1) is 15.7. The molecule has 0 atom stereocenters. The number of nitrogen functional groups attached to an aromatic ring is 1. The van der Waals surface area contributed by atoms with Gasteiger partial charge in [0.1, 0.15) is 18.2 Å². The predicted octanol–water partition coefficient (Wildman–Crippen LogP) is 1.94. The van der Waals surface area contributed by atoms with Crippen LogP contribution >= 0.6 is 0 Å². The minimum atomic E-state index is 0.216. The van der Waals surface area contributed by atoms with Gasteiger partial charge in [-0.2, -0.15) is 4.98 Å². The first-order valence-electron chi connectivity index (χ1n) is 6.59. The second kappa shape index (κ2) is 7.91. The summed E-state index contributed by atoms with van der Waals surface area (Å²) in [5.74, 6) is 7.89. The summed E-state index contributed by atoms with van der Waals surface area (Å²) in [5.41, 5.74) is 2.52. The van der Waals surface area contributed by atoms with Crippen molar-refractivity contribution in [2.24, 2.45) is 11.8 Å². The van der Waals surface area contributed by atoms with Crippen LogP contribution in [0.5, 0.6) is 5.88 Å². The summed E-state index contributed by atoms with van der Waals surface area (Å²) in [4.78, 5) is 8.59. The fraction of sp³-hybridized carbons (Fsp3) is 0.692. The van der Waals surface area contributed by atoms with Crippen molar-refractivity contribution in [3.63, 3.8) is 0 Å². The third-order valence-corrected chi connectivity index (χ3v) is 2.31. The molecule has 0 amide bonds. The molecule has 0 spiro atoms. The largest absolute Gasteiger partial charge is 0.475 e. The Morgan fingerprint density at radius 2 is 1.95 bits per heavy atom. The van der Waals surface area contributed by atoms with Crippen molar-refractivity contribution >= 4 is 5.82 Å². The maximum atomic E-state index is 5.55. The molecule has 0 aliphatic rings. The van der Waals surface area contributed by atoms with E-state index in [1.807, 2.05) is 13.8 Å². The van der Waals surface area contributed by atoms with Crippen molar-refractivity contribution in [1.29, 1.82) is 0 Å². The molecule has 0 fully saturated rings. The lowest BCUT2D eigenvalue weighted by Crippen LogP contribution is -2.14. The van der Waals surface area contributed by atoms with E-state index in [-0.39, 0.29) is 5.92 Å². The Hall–Kier alpha value is -1.40. The standard InChI is InChI=1S/C13H24N4O2/c1-9(2)8-18-5-6-19-12-7-11(17-14)15-13(16-12)10(3)4/h7,9-10H,5-6,8,14H2,1-4H3,(H,15,16,17). The van der Waals surface area contributed by atoms with Crippen molar-refractivity contribution < 1.29 is 9.47 Å². The van der Waals surface area contributed by atoms with Crippen LogP contribution < -0.4 is 16.0 Å². The molecule has 0 aliphatic heterocycles. The van der Waals surface area contributed by atoms with Gasteiger partial charge in [-0.25, -0.2) is 10.8 Å². The van der Waals surface area contributed by atoms with E-state index >= 15 is 0 Å². The number of hydrogen-bond donors (Lipinski definition) is 2. The highest BCUT2D eigenvalue weighted by atomic mass is 16.5. The summed E-state index contributed by atoms with van der Waals surface area (Å²) >= 11 is 0. The quantitative estimate of drug-likeness (QED) is 0.426. The first-order valence-corrected chi connectivity index (χ1v) is 6.59. The minimum absolute atomic E-state index is 0.216. The van der Waals surface area contributed by atoms with Gasteiger partial charge in [0.2, 0.25) is 5.88 Å². The number of nitrogens with zero attached hydrogens (tertiary/aromatic N) is 2. The van der Waals surface area contributed by atoms with Crippen molar-refractivity contribution in [1.82, 2.24) is 9.97 Å². The molecule has 0 aromatic carbocycles. The van der Waals surface area contributed by atoms with Crippen LogP contribution in [0, 0.1) is 5.92 Å². The average Bonchev–Trinajstić information content (AvgIpc) is 2.37. The lowest BCUT2D eigenvalue weighted by atomic mass is 10.2. The predicted molar refractivity (Wildman–Crippen MR) is 75.1 cm³/mol.